The van der Waals surface area contributed by atoms with Gasteiger partial charge in [0, 0.05) is 0 Å². The van der Waals surface area contributed by atoms with Gasteiger partial charge in [0.25, 0.3) is 0 Å². The number of hydrogen-bond donors (Lipinski definition) is 0. The highest BCUT2D eigenvalue weighted by Crippen LogP contribution is 2.21. The molecule has 0 radical (unpaired) electrons. The Morgan fingerprint density at radius 2 is 2.29 bits per heavy atom. The monoisotopic (exact) mass is 208 g/mol. The Labute approximate surface area is 58.1 Å². The molecule has 0 spiro atoms. The molecule has 1 aliphatic carbocycles. The molecule has 1 rings (SSSR count). The van der Waals surface area contributed by atoms with E-state index in [1.54, 1.807) is 3.58 Å². The van der Waals surface area contributed by atoms with E-state index < -0.39 is 0 Å². The van der Waals surface area contributed by atoms with Crippen molar-refractivity contribution in [3.8, 4) is 0 Å². The van der Waals surface area contributed by atoms with Crippen LogP contribution in [0.5, 0.6) is 0 Å². The van der Waals surface area contributed by atoms with Crippen molar-refractivity contribution in [3.63, 3.8) is 0 Å². The first-order chi connectivity index (χ1) is 3.39. The molecule has 0 saturated carbocycles. The molecule has 0 unspecified atom stereocenters. The summed E-state index contributed by atoms with van der Waals surface area (Å²) in [5.41, 5.74) is 0. The summed E-state index contributed by atoms with van der Waals surface area (Å²) in [6, 6.07) is 0. The molecule has 0 amide bonds. The Hall–Kier alpha value is 0.470. The molecule has 1 heteroatoms. The Kier molecular flexibility index (Phi) is 2.16. The minimum atomic E-state index is 1.32. The van der Waals surface area contributed by atoms with Crippen molar-refractivity contribution >= 4 is 22.6 Å². The molecule has 0 bridgehead atoms. The Bertz CT molecular complexity index is 84.2. The zero-order valence-electron chi connectivity index (χ0n) is 4.28. The van der Waals surface area contributed by atoms with Crippen LogP contribution in [0.15, 0.2) is 9.66 Å². The fourth-order valence-electron chi connectivity index (χ4n) is 0.799. The predicted molar refractivity (Wildman–Crippen MR) is 40.6 cm³/mol. The summed E-state index contributed by atoms with van der Waals surface area (Å²) in [6.07, 6.45) is 7.81. The summed E-state index contributed by atoms with van der Waals surface area (Å²) in [5.74, 6) is 0. The van der Waals surface area contributed by atoms with Crippen LogP contribution in [0.2, 0.25) is 0 Å². The average molecular weight is 208 g/mol. The zero-order valence-corrected chi connectivity index (χ0v) is 6.44. The average Bonchev–Trinajstić information content (AvgIpc) is 1.69. The molecule has 0 fully saturated rings. The van der Waals surface area contributed by atoms with Crippen molar-refractivity contribution in [2.24, 2.45) is 0 Å². The molecule has 0 saturated heterocycles. The van der Waals surface area contributed by atoms with Crippen molar-refractivity contribution in [3.05, 3.63) is 9.66 Å². The maximum absolute atomic E-state index is 2.42. The normalized spacial score (nSPS) is 21.6. The molecule has 0 aliphatic heterocycles. The third kappa shape index (κ3) is 1.80. The van der Waals surface area contributed by atoms with Gasteiger partial charge in [-0.25, -0.2) is 0 Å². The smallest absolute Gasteiger partial charge is 0.0134 e. The molecule has 0 N–H and O–H groups in total. The summed E-state index contributed by atoms with van der Waals surface area (Å²) in [5, 5.41) is 0. The standard InChI is InChI=1S/C6H9I/c7-6-4-2-1-3-5-6/h4H,1-3,5H2. The van der Waals surface area contributed by atoms with Crippen LogP contribution in [-0.4, -0.2) is 0 Å². The number of rotatable bonds is 0. The van der Waals surface area contributed by atoms with E-state index in [-0.39, 0.29) is 0 Å². The van der Waals surface area contributed by atoms with Gasteiger partial charge >= 0.3 is 0 Å². The molecule has 0 nitrogen and oxygen atoms in total. The van der Waals surface area contributed by atoms with Crippen LogP contribution in [0.4, 0.5) is 0 Å². The van der Waals surface area contributed by atoms with Crippen LogP contribution in [0, 0.1) is 0 Å². The third-order valence-corrected chi connectivity index (χ3v) is 2.22. The third-order valence-electron chi connectivity index (χ3n) is 1.24. The summed E-state index contributed by atoms with van der Waals surface area (Å²) in [6.45, 7) is 0. The van der Waals surface area contributed by atoms with Gasteiger partial charge in [0.1, 0.15) is 0 Å². The molecule has 0 aromatic heterocycles. The fourth-order valence-corrected chi connectivity index (χ4v) is 1.49. The summed E-state index contributed by atoms with van der Waals surface area (Å²) in [7, 11) is 0. The van der Waals surface area contributed by atoms with Crippen molar-refractivity contribution in [1.82, 2.24) is 0 Å². The maximum atomic E-state index is 2.42. The highest BCUT2D eigenvalue weighted by Gasteiger charge is 1.96. The SMILES string of the molecule is IC1=CCCCC1. The lowest BCUT2D eigenvalue weighted by Gasteiger charge is -2.03. The zero-order chi connectivity index (χ0) is 5.11. The number of allylic oxidation sites excluding steroid dienone is 2. The van der Waals surface area contributed by atoms with Crippen molar-refractivity contribution in [2.75, 3.05) is 0 Å². The number of halogens is 1. The van der Waals surface area contributed by atoms with Crippen LogP contribution in [-0.2, 0) is 0 Å². The predicted octanol–water partition coefficient (Wildman–Crippen LogP) is 2.88. The van der Waals surface area contributed by atoms with E-state index >= 15 is 0 Å². The van der Waals surface area contributed by atoms with Gasteiger partial charge in [-0.1, -0.05) is 6.08 Å². The minimum absolute atomic E-state index is 1.32. The van der Waals surface area contributed by atoms with E-state index in [9.17, 15) is 0 Å². The first kappa shape index (κ1) is 5.60. The van der Waals surface area contributed by atoms with Gasteiger partial charge < -0.3 is 0 Å². The molecule has 0 atom stereocenters. The Morgan fingerprint density at radius 3 is 2.57 bits per heavy atom. The van der Waals surface area contributed by atoms with E-state index in [1.165, 1.54) is 25.7 Å². The van der Waals surface area contributed by atoms with Crippen LogP contribution in [0.25, 0.3) is 0 Å². The molecule has 0 aromatic carbocycles. The van der Waals surface area contributed by atoms with Gasteiger partial charge in [0.15, 0.2) is 0 Å². The fraction of sp³-hybridized carbons (Fsp3) is 0.667. The lowest BCUT2D eigenvalue weighted by molar-refractivity contribution is 0.727. The van der Waals surface area contributed by atoms with Crippen LogP contribution in [0.3, 0.4) is 0 Å². The van der Waals surface area contributed by atoms with Crippen LogP contribution < -0.4 is 0 Å². The second kappa shape index (κ2) is 2.70. The quantitative estimate of drug-likeness (QED) is 0.537. The van der Waals surface area contributed by atoms with E-state index in [2.05, 4.69) is 28.7 Å². The van der Waals surface area contributed by atoms with Crippen molar-refractivity contribution in [2.45, 2.75) is 25.7 Å². The molecule has 1 aliphatic rings. The molecular weight excluding hydrogens is 199 g/mol. The second-order valence-corrected chi connectivity index (χ2v) is 3.28. The molecule has 0 heterocycles. The summed E-state index contributed by atoms with van der Waals surface area (Å²) < 4.78 is 1.56. The lowest BCUT2D eigenvalue weighted by atomic mass is 10.1. The number of hydrogen-bond acceptors (Lipinski definition) is 0. The van der Waals surface area contributed by atoms with Gasteiger partial charge in [0.2, 0.25) is 0 Å². The van der Waals surface area contributed by atoms with Crippen molar-refractivity contribution < 1.29 is 0 Å². The van der Waals surface area contributed by atoms with E-state index in [4.69, 9.17) is 0 Å². The summed E-state index contributed by atoms with van der Waals surface area (Å²) >= 11 is 2.42. The van der Waals surface area contributed by atoms with Gasteiger partial charge in [-0.05, 0) is 51.9 Å². The van der Waals surface area contributed by atoms with Gasteiger partial charge in [-0.3, -0.25) is 0 Å². The second-order valence-electron chi connectivity index (χ2n) is 1.90. The first-order valence-corrected chi connectivity index (χ1v) is 3.82. The minimum Gasteiger partial charge on any atom is -0.0752 e. The van der Waals surface area contributed by atoms with Gasteiger partial charge in [-0.15, -0.1) is 0 Å². The topological polar surface area (TPSA) is 0 Å². The first-order valence-electron chi connectivity index (χ1n) is 2.74. The van der Waals surface area contributed by atoms with E-state index in [1.807, 2.05) is 0 Å². The highest BCUT2D eigenvalue weighted by molar-refractivity contribution is 14.1. The molecule has 0 aromatic rings. The van der Waals surface area contributed by atoms with Gasteiger partial charge in [-0.2, -0.15) is 0 Å². The summed E-state index contributed by atoms with van der Waals surface area (Å²) in [4.78, 5) is 0. The van der Waals surface area contributed by atoms with Crippen LogP contribution >= 0.6 is 22.6 Å². The molecular formula is C6H9I. The Morgan fingerprint density at radius 1 is 1.43 bits per heavy atom. The highest BCUT2D eigenvalue weighted by atomic mass is 127. The van der Waals surface area contributed by atoms with Crippen LogP contribution in [0.1, 0.15) is 25.7 Å². The molecule has 7 heavy (non-hydrogen) atoms. The van der Waals surface area contributed by atoms with Crippen molar-refractivity contribution in [1.29, 1.82) is 0 Å². The largest absolute Gasteiger partial charge is 0.0752 e. The van der Waals surface area contributed by atoms with Gasteiger partial charge in [0.05, 0.1) is 0 Å². The lowest BCUT2D eigenvalue weighted by Crippen LogP contribution is -1.82. The van der Waals surface area contributed by atoms with E-state index in [0.29, 0.717) is 0 Å². The molecule has 40 valence electrons. The Balaban J connectivity index is 2.40. The van der Waals surface area contributed by atoms with E-state index in [0.717, 1.165) is 0 Å². The maximum Gasteiger partial charge on any atom is -0.0134 e.